The van der Waals surface area contributed by atoms with Crippen LogP contribution in [-0.2, 0) is 22.7 Å². The lowest BCUT2D eigenvalue weighted by Crippen LogP contribution is -2.54. The molecule has 0 bridgehead atoms. The number of methoxy groups -OCH3 is 1. The Labute approximate surface area is 265 Å². The average Bonchev–Trinajstić information content (AvgIpc) is 2.99. The SMILES string of the molecule is C=CCCCCC(=O)N(Cc1ccc(Cl)cc1)[C@@H]1CC(C(=O)NCCO)=C[C@H](Oc2c(I)cc(CO)cc2OC)[C@H]1O. The first-order chi connectivity index (χ1) is 20.2. The summed E-state index contributed by atoms with van der Waals surface area (Å²) < 4.78 is 12.5. The molecule has 0 saturated heterocycles. The van der Waals surface area contributed by atoms with E-state index in [1.54, 1.807) is 35.2 Å². The fraction of sp³-hybridized carbons (Fsp3) is 0.419. The number of ether oxygens (including phenoxy) is 2. The summed E-state index contributed by atoms with van der Waals surface area (Å²) in [5, 5.41) is 33.8. The predicted molar refractivity (Wildman–Crippen MR) is 169 cm³/mol. The lowest BCUT2D eigenvalue weighted by Gasteiger charge is -2.41. The molecule has 9 nitrogen and oxygen atoms in total. The highest BCUT2D eigenvalue weighted by atomic mass is 127. The Kier molecular flexibility index (Phi) is 13.6. The maximum atomic E-state index is 13.7. The van der Waals surface area contributed by atoms with E-state index in [0.717, 1.165) is 18.4 Å². The van der Waals surface area contributed by atoms with Gasteiger partial charge in [-0.15, -0.1) is 6.58 Å². The summed E-state index contributed by atoms with van der Waals surface area (Å²) in [6.07, 6.45) is 3.76. The number of aliphatic hydroxyl groups is 3. The normalized spacial score (nSPS) is 18.1. The number of nitrogens with zero attached hydrogens (tertiary/aromatic N) is 1. The third-order valence-corrected chi connectivity index (χ3v) is 8.03. The van der Waals surface area contributed by atoms with Crippen molar-refractivity contribution >= 4 is 46.0 Å². The molecular weight excluding hydrogens is 675 g/mol. The summed E-state index contributed by atoms with van der Waals surface area (Å²) in [5.74, 6) is 0.118. The van der Waals surface area contributed by atoms with Gasteiger partial charge in [-0.2, -0.15) is 0 Å². The summed E-state index contributed by atoms with van der Waals surface area (Å²) in [7, 11) is 1.47. The van der Waals surface area contributed by atoms with E-state index in [2.05, 4.69) is 34.5 Å². The van der Waals surface area contributed by atoms with Crippen molar-refractivity contribution in [3.63, 3.8) is 0 Å². The molecule has 0 aromatic heterocycles. The van der Waals surface area contributed by atoms with Gasteiger partial charge in [0, 0.05) is 36.5 Å². The predicted octanol–water partition coefficient (Wildman–Crippen LogP) is 4.14. The van der Waals surface area contributed by atoms with Crippen LogP contribution in [0.15, 0.2) is 60.7 Å². The van der Waals surface area contributed by atoms with Crippen LogP contribution in [-0.4, -0.2) is 70.5 Å². The van der Waals surface area contributed by atoms with Gasteiger partial charge in [0.05, 0.1) is 29.9 Å². The number of aliphatic hydroxyl groups excluding tert-OH is 3. The lowest BCUT2D eigenvalue weighted by molar-refractivity contribution is -0.139. The van der Waals surface area contributed by atoms with Gasteiger partial charge in [0.25, 0.3) is 0 Å². The van der Waals surface area contributed by atoms with Crippen LogP contribution in [0.25, 0.3) is 0 Å². The van der Waals surface area contributed by atoms with Crippen LogP contribution in [0.5, 0.6) is 11.5 Å². The summed E-state index contributed by atoms with van der Waals surface area (Å²) in [6.45, 7) is 3.57. The topological polar surface area (TPSA) is 129 Å². The van der Waals surface area contributed by atoms with Gasteiger partial charge in [-0.1, -0.05) is 29.8 Å². The van der Waals surface area contributed by atoms with Gasteiger partial charge < -0.3 is 35.0 Å². The van der Waals surface area contributed by atoms with Crippen LogP contribution in [0.4, 0.5) is 0 Å². The number of carbonyl (C=O) groups is 2. The van der Waals surface area contributed by atoms with Gasteiger partial charge in [0.15, 0.2) is 11.5 Å². The standard InChI is InChI=1S/C31H38ClIN2O7/c1-3-4-5-6-7-28(38)35(18-20-8-10-23(32)11-9-20)25-16-22(31(40)34-12-13-36)17-26(29(25)39)42-30-24(33)14-21(19-37)15-27(30)41-2/h3,8-11,14-15,17,25-26,29,36-37,39H,1,4-7,12-13,16,18-19H2,2H3,(H,34,40)/t25-,26+,29+/m1/s1. The fourth-order valence-corrected chi connectivity index (χ4v) is 5.70. The Hall–Kier alpha value is -2.64. The van der Waals surface area contributed by atoms with Crippen molar-refractivity contribution in [3.8, 4) is 11.5 Å². The first kappa shape index (κ1) is 33.9. The molecule has 1 aliphatic rings. The minimum atomic E-state index is -1.19. The molecule has 0 radical (unpaired) electrons. The molecule has 3 rings (SSSR count). The number of carbonyl (C=O) groups excluding carboxylic acids is 2. The Bertz CT molecular complexity index is 1250. The monoisotopic (exact) mass is 712 g/mol. The van der Waals surface area contributed by atoms with E-state index in [1.807, 2.05) is 18.2 Å². The van der Waals surface area contributed by atoms with Gasteiger partial charge in [-0.3, -0.25) is 9.59 Å². The van der Waals surface area contributed by atoms with Crippen LogP contribution in [0, 0.1) is 3.57 Å². The summed E-state index contributed by atoms with van der Waals surface area (Å²) in [6, 6.07) is 9.72. The second-order valence-electron chi connectivity index (χ2n) is 9.97. The number of halogens is 2. The van der Waals surface area contributed by atoms with E-state index in [4.69, 9.17) is 21.1 Å². The summed E-state index contributed by atoms with van der Waals surface area (Å²) >= 11 is 8.15. The zero-order chi connectivity index (χ0) is 30.6. The van der Waals surface area contributed by atoms with Crippen LogP contribution in [0.1, 0.15) is 43.2 Å². The minimum Gasteiger partial charge on any atom is -0.493 e. The summed E-state index contributed by atoms with van der Waals surface area (Å²) in [4.78, 5) is 28.4. The number of unbranched alkanes of at least 4 members (excludes halogenated alkanes) is 2. The maximum absolute atomic E-state index is 13.7. The van der Waals surface area contributed by atoms with E-state index in [1.165, 1.54) is 7.11 Å². The molecule has 0 unspecified atom stereocenters. The third kappa shape index (κ3) is 9.18. The second-order valence-corrected chi connectivity index (χ2v) is 11.6. The molecule has 42 heavy (non-hydrogen) atoms. The molecule has 1 aliphatic carbocycles. The Morgan fingerprint density at radius 1 is 1.19 bits per heavy atom. The van der Waals surface area contributed by atoms with E-state index in [-0.39, 0.29) is 45.1 Å². The lowest BCUT2D eigenvalue weighted by atomic mass is 9.87. The molecular formula is C31H38ClIN2O7. The fourth-order valence-electron chi connectivity index (χ4n) is 4.78. The molecule has 0 aliphatic heterocycles. The maximum Gasteiger partial charge on any atom is 0.247 e. The number of allylic oxidation sites excluding steroid dienone is 1. The molecule has 4 N–H and O–H groups in total. The quantitative estimate of drug-likeness (QED) is 0.124. The Morgan fingerprint density at radius 2 is 1.93 bits per heavy atom. The third-order valence-electron chi connectivity index (χ3n) is 6.98. The molecule has 2 aromatic rings. The van der Waals surface area contributed by atoms with E-state index < -0.39 is 24.2 Å². The van der Waals surface area contributed by atoms with Crippen molar-refractivity contribution in [2.24, 2.45) is 0 Å². The van der Waals surface area contributed by atoms with Crippen molar-refractivity contribution in [2.45, 2.75) is 63.5 Å². The second kappa shape index (κ2) is 16.9. The molecule has 0 saturated carbocycles. The number of hydrogen-bond acceptors (Lipinski definition) is 7. The Morgan fingerprint density at radius 3 is 2.57 bits per heavy atom. The number of amides is 2. The molecule has 11 heteroatoms. The van der Waals surface area contributed by atoms with Gasteiger partial charge in [0.1, 0.15) is 12.2 Å². The van der Waals surface area contributed by atoms with Crippen LogP contribution < -0.4 is 14.8 Å². The van der Waals surface area contributed by atoms with Crippen molar-refractivity contribution in [1.82, 2.24) is 10.2 Å². The van der Waals surface area contributed by atoms with Crippen molar-refractivity contribution < 1.29 is 34.4 Å². The van der Waals surface area contributed by atoms with Gasteiger partial charge in [-0.05, 0) is 83.3 Å². The summed E-state index contributed by atoms with van der Waals surface area (Å²) in [5.41, 5.74) is 1.77. The highest BCUT2D eigenvalue weighted by Crippen LogP contribution is 2.37. The molecule has 0 fully saturated rings. The van der Waals surface area contributed by atoms with Crippen LogP contribution in [0.2, 0.25) is 5.02 Å². The van der Waals surface area contributed by atoms with Crippen molar-refractivity contribution in [2.75, 3.05) is 20.3 Å². The van der Waals surface area contributed by atoms with Gasteiger partial charge >= 0.3 is 0 Å². The highest BCUT2D eigenvalue weighted by molar-refractivity contribution is 14.1. The smallest absolute Gasteiger partial charge is 0.247 e. The van der Waals surface area contributed by atoms with E-state index >= 15 is 0 Å². The van der Waals surface area contributed by atoms with Crippen LogP contribution in [0.3, 0.4) is 0 Å². The zero-order valence-electron chi connectivity index (χ0n) is 23.6. The number of nitrogens with one attached hydrogen (secondary N) is 1. The first-order valence-electron chi connectivity index (χ1n) is 13.8. The Balaban J connectivity index is 2.01. The molecule has 0 spiro atoms. The number of rotatable bonds is 15. The molecule has 0 heterocycles. The zero-order valence-corrected chi connectivity index (χ0v) is 26.5. The minimum absolute atomic E-state index is 0.0555. The van der Waals surface area contributed by atoms with E-state index in [9.17, 15) is 24.9 Å². The van der Waals surface area contributed by atoms with Crippen molar-refractivity contribution in [1.29, 1.82) is 0 Å². The number of benzene rings is 2. The van der Waals surface area contributed by atoms with E-state index in [0.29, 0.717) is 37.6 Å². The largest absolute Gasteiger partial charge is 0.493 e. The average molecular weight is 713 g/mol. The molecule has 2 amide bonds. The molecule has 2 aromatic carbocycles. The van der Waals surface area contributed by atoms with Gasteiger partial charge in [-0.25, -0.2) is 0 Å². The number of hydrogen-bond donors (Lipinski definition) is 4. The van der Waals surface area contributed by atoms with Crippen molar-refractivity contribution in [3.05, 3.63) is 80.4 Å². The molecule has 3 atom stereocenters. The first-order valence-corrected chi connectivity index (χ1v) is 15.2. The van der Waals surface area contributed by atoms with Crippen LogP contribution >= 0.6 is 34.2 Å². The van der Waals surface area contributed by atoms with Gasteiger partial charge in [0.2, 0.25) is 11.8 Å². The highest BCUT2D eigenvalue weighted by Gasteiger charge is 2.41. The molecule has 228 valence electrons.